The molecular formula is C9H11NO. The standard InChI is InChI=1S/C9H11NO/c1-2-9(11)8-6-4-3-5-7-10-8/h3-4,6-7H,2,5H2,1H3. The molecule has 0 spiro atoms. The number of ketones is 1. The zero-order valence-corrected chi connectivity index (χ0v) is 6.58. The number of hydrogen-bond acceptors (Lipinski definition) is 2. The van der Waals surface area contributed by atoms with E-state index in [-0.39, 0.29) is 5.78 Å². The van der Waals surface area contributed by atoms with Gasteiger partial charge in [0.1, 0.15) is 5.70 Å². The van der Waals surface area contributed by atoms with Crippen molar-refractivity contribution in [3.8, 4) is 0 Å². The molecule has 0 aromatic heterocycles. The molecule has 0 bridgehead atoms. The highest BCUT2D eigenvalue weighted by atomic mass is 16.1. The van der Waals surface area contributed by atoms with Crippen LogP contribution in [0.5, 0.6) is 0 Å². The third kappa shape index (κ3) is 2.15. The van der Waals surface area contributed by atoms with Crippen LogP contribution in [-0.4, -0.2) is 12.0 Å². The van der Waals surface area contributed by atoms with Gasteiger partial charge in [-0.15, -0.1) is 0 Å². The van der Waals surface area contributed by atoms with E-state index in [1.807, 2.05) is 19.1 Å². The second-order valence-corrected chi connectivity index (χ2v) is 2.30. The van der Waals surface area contributed by atoms with Gasteiger partial charge in [-0.3, -0.25) is 9.79 Å². The first-order chi connectivity index (χ1) is 5.34. The van der Waals surface area contributed by atoms with Crippen LogP contribution in [0.15, 0.2) is 28.9 Å². The minimum Gasteiger partial charge on any atom is -0.292 e. The van der Waals surface area contributed by atoms with Gasteiger partial charge in [-0.1, -0.05) is 19.1 Å². The Labute approximate surface area is 66.3 Å². The molecule has 0 aliphatic carbocycles. The van der Waals surface area contributed by atoms with E-state index < -0.39 is 0 Å². The van der Waals surface area contributed by atoms with Crippen LogP contribution in [0, 0.1) is 0 Å². The maximum atomic E-state index is 11.1. The van der Waals surface area contributed by atoms with Crippen molar-refractivity contribution in [2.45, 2.75) is 19.8 Å². The van der Waals surface area contributed by atoms with Gasteiger partial charge >= 0.3 is 0 Å². The summed E-state index contributed by atoms with van der Waals surface area (Å²) in [7, 11) is 0. The Morgan fingerprint density at radius 1 is 1.73 bits per heavy atom. The topological polar surface area (TPSA) is 29.4 Å². The van der Waals surface area contributed by atoms with Gasteiger partial charge in [0.25, 0.3) is 0 Å². The third-order valence-electron chi connectivity index (χ3n) is 1.47. The van der Waals surface area contributed by atoms with Crippen LogP contribution in [0.1, 0.15) is 19.8 Å². The molecule has 0 aromatic carbocycles. The van der Waals surface area contributed by atoms with Crippen LogP contribution < -0.4 is 0 Å². The average molecular weight is 149 g/mol. The third-order valence-corrected chi connectivity index (χ3v) is 1.47. The quantitative estimate of drug-likeness (QED) is 0.589. The first-order valence-corrected chi connectivity index (χ1v) is 3.77. The highest BCUT2D eigenvalue weighted by Gasteiger charge is 2.03. The Morgan fingerprint density at radius 2 is 2.55 bits per heavy atom. The van der Waals surface area contributed by atoms with E-state index in [2.05, 4.69) is 4.99 Å². The normalized spacial score (nSPS) is 15.9. The number of nitrogens with zero attached hydrogens (tertiary/aromatic N) is 1. The van der Waals surface area contributed by atoms with Crippen molar-refractivity contribution in [2.24, 2.45) is 4.99 Å². The second-order valence-electron chi connectivity index (χ2n) is 2.30. The predicted molar refractivity (Wildman–Crippen MR) is 45.6 cm³/mol. The van der Waals surface area contributed by atoms with E-state index >= 15 is 0 Å². The molecule has 11 heavy (non-hydrogen) atoms. The van der Waals surface area contributed by atoms with Crippen LogP contribution >= 0.6 is 0 Å². The van der Waals surface area contributed by atoms with Crippen LogP contribution in [0.2, 0.25) is 0 Å². The highest BCUT2D eigenvalue weighted by Crippen LogP contribution is 2.04. The number of carbonyl (C=O) groups is 1. The van der Waals surface area contributed by atoms with E-state index in [9.17, 15) is 4.79 Å². The monoisotopic (exact) mass is 149 g/mol. The Balaban J connectivity index is 2.77. The summed E-state index contributed by atoms with van der Waals surface area (Å²) in [4.78, 5) is 15.1. The predicted octanol–water partition coefficient (Wildman–Crippen LogP) is 1.88. The van der Waals surface area contributed by atoms with Gasteiger partial charge < -0.3 is 0 Å². The zero-order valence-electron chi connectivity index (χ0n) is 6.58. The molecule has 0 fully saturated rings. The summed E-state index contributed by atoms with van der Waals surface area (Å²) in [6, 6.07) is 0. The SMILES string of the molecule is CCC(=O)C1=CC=CCC=N1. The van der Waals surface area contributed by atoms with Crippen molar-refractivity contribution >= 4 is 12.0 Å². The molecule has 0 saturated carbocycles. The minimum atomic E-state index is 0.104. The lowest BCUT2D eigenvalue weighted by Gasteiger charge is -1.93. The number of carbonyl (C=O) groups excluding carboxylic acids is 1. The summed E-state index contributed by atoms with van der Waals surface area (Å²) in [6.07, 6.45) is 8.70. The maximum absolute atomic E-state index is 11.1. The van der Waals surface area contributed by atoms with Gasteiger partial charge in [-0.05, 0) is 6.08 Å². The van der Waals surface area contributed by atoms with E-state index in [0.29, 0.717) is 12.1 Å². The van der Waals surface area contributed by atoms with Gasteiger partial charge in [0, 0.05) is 19.1 Å². The van der Waals surface area contributed by atoms with Gasteiger partial charge in [0.15, 0.2) is 5.78 Å². The first kappa shape index (κ1) is 7.92. The van der Waals surface area contributed by atoms with E-state index in [1.54, 1.807) is 12.3 Å². The van der Waals surface area contributed by atoms with Crippen LogP contribution in [0.25, 0.3) is 0 Å². The fourth-order valence-corrected chi connectivity index (χ4v) is 0.839. The minimum absolute atomic E-state index is 0.104. The lowest BCUT2D eigenvalue weighted by Crippen LogP contribution is -1.97. The summed E-state index contributed by atoms with van der Waals surface area (Å²) >= 11 is 0. The number of Topliss-reactive ketones (excluding diaryl/α,β-unsaturated/α-hetero) is 1. The average Bonchev–Trinajstić information content (AvgIpc) is 2.30. The molecule has 0 atom stereocenters. The second kappa shape index (κ2) is 3.86. The smallest absolute Gasteiger partial charge is 0.180 e. The van der Waals surface area contributed by atoms with Gasteiger partial charge in [-0.2, -0.15) is 0 Å². The Morgan fingerprint density at radius 3 is 3.27 bits per heavy atom. The Kier molecular flexibility index (Phi) is 2.78. The molecule has 0 saturated heterocycles. The molecule has 2 nitrogen and oxygen atoms in total. The molecule has 1 rings (SSSR count). The van der Waals surface area contributed by atoms with Gasteiger partial charge in [0.2, 0.25) is 0 Å². The summed E-state index contributed by atoms with van der Waals surface area (Å²) in [5, 5.41) is 0. The van der Waals surface area contributed by atoms with Gasteiger partial charge in [0.05, 0.1) is 0 Å². The number of hydrogen-bond donors (Lipinski definition) is 0. The zero-order chi connectivity index (χ0) is 8.10. The van der Waals surface area contributed by atoms with Crippen molar-refractivity contribution < 1.29 is 4.79 Å². The molecule has 0 unspecified atom stereocenters. The fourth-order valence-electron chi connectivity index (χ4n) is 0.839. The maximum Gasteiger partial charge on any atom is 0.180 e. The van der Waals surface area contributed by atoms with Gasteiger partial charge in [-0.25, -0.2) is 0 Å². The van der Waals surface area contributed by atoms with Crippen LogP contribution in [0.3, 0.4) is 0 Å². The highest BCUT2D eigenvalue weighted by molar-refractivity contribution is 5.96. The number of aliphatic imine (C=N–C) groups is 1. The van der Waals surface area contributed by atoms with E-state index in [1.165, 1.54) is 0 Å². The molecule has 2 heteroatoms. The lowest BCUT2D eigenvalue weighted by atomic mass is 10.2. The molecule has 0 aromatic rings. The number of rotatable bonds is 2. The van der Waals surface area contributed by atoms with Crippen molar-refractivity contribution in [1.29, 1.82) is 0 Å². The van der Waals surface area contributed by atoms with E-state index in [4.69, 9.17) is 0 Å². The summed E-state index contributed by atoms with van der Waals surface area (Å²) < 4.78 is 0. The molecule has 1 heterocycles. The van der Waals surface area contributed by atoms with E-state index in [0.717, 1.165) is 6.42 Å². The van der Waals surface area contributed by atoms with Crippen LogP contribution in [-0.2, 0) is 4.79 Å². The Bertz CT molecular complexity index is 236. The van der Waals surface area contributed by atoms with Crippen molar-refractivity contribution in [3.05, 3.63) is 23.9 Å². The summed E-state index contributed by atoms with van der Waals surface area (Å²) in [6.45, 7) is 1.84. The van der Waals surface area contributed by atoms with Crippen molar-refractivity contribution in [3.63, 3.8) is 0 Å². The molecule has 58 valence electrons. The molecule has 0 N–H and O–H groups in total. The number of allylic oxidation sites excluding steroid dienone is 4. The molecular weight excluding hydrogens is 138 g/mol. The first-order valence-electron chi connectivity index (χ1n) is 3.77. The molecule has 1 aliphatic rings. The Hall–Kier alpha value is -1.18. The van der Waals surface area contributed by atoms with Crippen LogP contribution in [0.4, 0.5) is 0 Å². The summed E-state index contributed by atoms with van der Waals surface area (Å²) in [5.41, 5.74) is 0.571. The molecule has 0 radical (unpaired) electrons. The van der Waals surface area contributed by atoms with Crippen molar-refractivity contribution in [2.75, 3.05) is 0 Å². The molecule has 0 amide bonds. The largest absolute Gasteiger partial charge is 0.292 e. The van der Waals surface area contributed by atoms with Crippen molar-refractivity contribution in [1.82, 2.24) is 0 Å². The summed E-state index contributed by atoms with van der Waals surface area (Å²) in [5.74, 6) is 0.104. The molecule has 1 aliphatic heterocycles. The lowest BCUT2D eigenvalue weighted by molar-refractivity contribution is -0.115. The fraction of sp³-hybridized carbons (Fsp3) is 0.333.